The molecule has 0 saturated carbocycles. The number of nitro groups is 1. The van der Waals surface area contributed by atoms with Gasteiger partial charge in [0.1, 0.15) is 5.75 Å². The molecule has 0 aliphatic rings. The van der Waals surface area contributed by atoms with Crippen molar-refractivity contribution in [3.05, 3.63) is 79.8 Å². The number of thiol groups is 1. The molecule has 0 atom stereocenters. The molecule has 2 N–H and O–H groups in total. The van der Waals surface area contributed by atoms with Crippen LogP contribution in [0.2, 0.25) is 15.1 Å². The number of amides is 2. The molecular weight excluding hydrogens is 489 g/mol. The van der Waals surface area contributed by atoms with Gasteiger partial charge >= 0.3 is 6.03 Å². The molecule has 0 saturated heterocycles. The van der Waals surface area contributed by atoms with Gasteiger partial charge in [-0.3, -0.25) is 10.1 Å². The zero-order chi connectivity index (χ0) is 22.7. The molecule has 2 amide bonds. The lowest BCUT2D eigenvalue weighted by molar-refractivity contribution is -0.384. The molecule has 31 heavy (non-hydrogen) atoms. The SMILES string of the molecule is O=C(Nc1ccc([N+](=O)[O-])cc1)N(S)c1cc(Oc2ccc(Cl)cc2Cl)c(O)cc1Cl. The predicted octanol–water partition coefficient (Wildman–Crippen LogP) is 6.94. The molecule has 0 aliphatic carbocycles. The van der Waals surface area contributed by atoms with Crippen LogP contribution in [0.1, 0.15) is 0 Å². The van der Waals surface area contributed by atoms with Crippen LogP contribution in [0, 0.1) is 10.1 Å². The second kappa shape index (κ2) is 9.52. The van der Waals surface area contributed by atoms with Gasteiger partial charge < -0.3 is 15.2 Å². The summed E-state index contributed by atoms with van der Waals surface area (Å²) in [5, 5.41) is 24.1. The average Bonchev–Trinajstić information content (AvgIpc) is 2.71. The summed E-state index contributed by atoms with van der Waals surface area (Å²) in [7, 11) is 0. The monoisotopic (exact) mass is 499 g/mol. The molecule has 0 unspecified atom stereocenters. The molecule has 0 fully saturated rings. The van der Waals surface area contributed by atoms with Crippen LogP contribution in [-0.2, 0) is 0 Å². The number of carbonyl (C=O) groups is 1. The third-order valence-electron chi connectivity index (χ3n) is 3.89. The fraction of sp³-hybridized carbons (Fsp3) is 0. The Morgan fingerprint density at radius 2 is 1.71 bits per heavy atom. The largest absolute Gasteiger partial charge is 0.504 e. The summed E-state index contributed by atoms with van der Waals surface area (Å²) in [5.74, 6) is -0.112. The van der Waals surface area contributed by atoms with Crippen LogP contribution in [0.3, 0.4) is 0 Å². The summed E-state index contributed by atoms with van der Waals surface area (Å²) < 4.78 is 6.51. The van der Waals surface area contributed by atoms with Crippen molar-refractivity contribution in [3.63, 3.8) is 0 Å². The molecule has 0 heterocycles. The number of rotatable bonds is 5. The normalized spacial score (nSPS) is 10.5. The van der Waals surface area contributed by atoms with E-state index in [1.165, 1.54) is 48.5 Å². The van der Waals surface area contributed by atoms with Crippen molar-refractivity contribution < 1.29 is 19.6 Å². The van der Waals surface area contributed by atoms with E-state index in [1.807, 2.05) is 0 Å². The zero-order valence-corrected chi connectivity index (χ0v) is 18.4. The highest BCUT2D eigenvalue weighted by molar-refractivity contribution is 7.82. The van der Waals surface area contributed by atoms with E-state index in [0.717, 1.165) is 4.31 Å². The van der Waals surface area contributed by atoms with E-state index in [1.54, 1.807) is 6.07 Å². The molecule has 3 aromatic carbocycles. The van der Waals surface area contributed by atoms with Crippen LogP contribution in [0.15, 0.2) is 54.6 Å². The Morgan fingerprint density at radius 3 is 2.32 bits per heavy atom. The summed E-state index contributed by atoms with van der Waals surface area (Å²) in [6.45, 7) is 0. The molecule has 0 radical (unpaired) electrons. The smallest absolute Gasteiger partial charge is 0.336 e. The van der Waals surface area contributed by atoms with E-state index >= 15 is 0 Å². The Labute approximate surface area is 196 Å². The first-order chi connectivity index (χ1) is 14.7. The van der Waals surface area contributed by atoms with Gasteiger partial charge in [-0.2, -0.15) is 0 Å². The number of nitrogens with zero attached hydrogens (tertiary/aromatic N) is 2. The Balaban J connectivity index is 1.82. The number of hydrogen-bond donors (Lipinski definition) is 3. The average molecular weight is 501 g/mol. The molecule has 0 spiro atoms. The van der Waals surface area contributed by atoms with Crippen LogP contribution in [0.25, 0.3) is 0 Å². The van der Waals surface area contributed by atoms with E-state index < -0.39 is 11.0 Å². The second-order valence-corrected chi connectivity index (χ2v) is 7.64. The Morgan fingerprint density at radius 1 is 1.03 bits per heavy atom. The summed E-state index contributed by atoms with van der Waals surface area (Å²) in [5.41, 5.74) is 0.279. The number of anilines is 2. The van der Waals surface area contributed by atoms with Crippen LogP contribution >= 0.6 is 47.6 Å². The first kappa shape index (κ1) is 22.8. The maximum atomic E-state index is 12.5. The number of phenolic OH excluding ortho intramolecular Hbond substituents is 1. The number of hydrogen-bond acceptors (Lipinski definition) is 6. The Hall–Kier alpha value is -2.85. The fourth-order valence-corrected chi connectivity index (χ4v) is 3.37. The molecular formula is C19H12Cl3N3O5S. The van der Waals surface area contributed by atoms with Crippen molar-refractivity contribution in [3.8, 4) is 17.2 Å². The summed E-state index contributed by atoms with van der Waals surface area (Å²) in [4.78, 5) is 22.7. The van der Waals surface area contributed by atoms with E-state index in [9.17, 15) is 20.0 Å². The molecule has 8 nitrogen and oxygen atoms in total. The van der Waals surface area contributed by atoms with Gasteiger partial charge in [0.25, 0.3) is 5.69 Å². The van der Waals surface area contributed by atoms with Crippen molar-refractivity contribution in [2.75, 3.05) is 9.62 Å². The minimum absolute atomic E-state index is 0.0147. The number of ether oxygens (including phenoxy) is 1. The standard InChI is InChI=1S/C19H12Cl3N3O5S/c20-10-1-6-17(14(22)7-10)30-18-9-15(13(21)8-16(18)26)24(31)19(27)23-11-2-4-12(5-3-11)25(28)29/h1-9,26,31H,(H,23,27). The topological polar surface area (TPSA) is 105 Å². The summed E-state index contributed by atoms with van der Waals surface area (Å²) in [6, 6.07) is 11.5. The van der Waals surface area contributed by atoms with Crippen molar-refractivity contribution >= 4 is 70.7 Å². The van der Waals surface area contributed by atoms with Gasteiger partial charge in [0.15, 0.2) is 11.5 Å². The second-order valence-electron chi connectivity index (χ2n) is 5.99. The highest BCUT2D eigenvalue weighted by Crippen LogP contribution is 2.42. The lowest BCUT2D eigenvalue weighted by Gasteiger charge is -2.19. The molecule has 0 aromatic heterocycles. The number of nitrogens with one attached hydrogen (secondary N) is 1. The number of carbonyl (C=O) groups excluding carboxylic acids is 1. The van der Waals surface area contributed by atoms with Crippen molar-refractivity contribution in [2.24, 2.45) is 0 Å². The van der Waals surface area contributed by atoms with E-state index in [-0.39, 0.29) is 38.7 Å². The first-order valence-corrected chi connectivity index (χ1v) is 9.89. The third-order valence-corrected chi connectivity index (χ3v) is 5.12. The van der Waals surface area contributed by atoms with Gasteiger partial charge in [-0.05, 0) is 30.3 Å². The zero-order valence-electron chi connectivity index (χ0n) is 15.3. The number of halogens is 3. The minimum atomic E-state index is -0.708. The fourth-order valence-electron chi connectivity index (χ4n) is 2.40. The Kier molecular flexibility index (Phi) is 7.01. The van der Waals surface area contributed by atoms with Crippen LogP contribution in [-0.4, -0.2) is 16.1 Å². The molecule has 3 rings (SSSR count). The number of non-ortho nitro benzene ring substituents is 1. The predicted molar refractivity (Wildman–Crippen MR) is 123 cm³/mol. The van der Waals surface area contributed by atoms with E-state index in [2.05, 4.69) is 18.1 Å². The molecule has 0 aliphatic heterocycles. The van der Waals surface area contributed by atoms with Crippen molar-refractivity contribution in [1.29, 1.82) is 0 Å². The molecule has 160 valence electrons. The third kappa shape index (κ3) is 5.45. The van der Waals surface area contributed by atoms with Crippen molar-refractivity contribution in [2.45, 2.75) is 0 Å². The number of nitro benzene ring substituents is 1. The number of benzene rings is 3. The lowest BCUT2D eigenvalue weighted by Crippen LogP contribution is -2.27. The number of aromatic hydroxyl groups is 1. The van der Waals surface area contributed by atoms with E-state index in [4.69, 9.17) is 39.5 Å². The lowest BCUT2D eigenvalue weighted by atomic mass is 10.2. The van der Waals surface area contributed by atoms with Gasteiger partial charge in [0.2, 0.25) is 0 Å². The first-order valence-electron chi connectivity index (χ1n) is 8.35. The maximum absolute atomic E-state index is 12.5. The van der Waals surface area contributed by atoms with Gasteiger partial charge in [0.05, 0.1) is 20.7 Å². The van der Waals surface area contributed by atoms with Gasteiger partial charge in [-0.1, -0.05) is 47.6 Å². The quantitative estimate of drug-likeness (QED) is 0.200. The highest BCUT2D eigenvalue weighted by atomic mass is 35.5. The highest BCUT2D eigenvalue weighted by Gasteiger charge is 2.20. The van der Waals surface area contributed by atoms with Crippen LogP contribution in [0.5, 0.6) is 17.2 Å². The van der Waals surface area contributed by atoms with Gasteiger partial charge in [-0.25, -0.2) is 9.10 Å². The van der Waals surface area contributed by atoms with Crippen molar-refractivity contribution in [1.82, 2.24) is 0 Å². The number of phenols is 1. The Bertz CT molecular complexity index is 1160. The number of urea groups is 1. The summed E-state index contributed by atoms with van der Waals surface area (Å²) >= 11 is 22.3. The van der Waals surface area contributed by atoms with Gasteiger partial charge in [0, 0.05) is 35.0 Å². The molecule has 0 bridgehead atoms. The van der Waals surface area contributed by atoms with Gasteiger partial charge in [-0.15, -0.1) is 0 Å². The summed E-state index contributed by atoms with van der Waals surface area (Å²) in [6.07, 6.45) is 0. The van der Waals surface area contributed by atoms with Crippen LogP contribution < -0.4 is 14.4 Å². The maximum Gasteiger partial charge on any atom is 0.336 e. The minimum Gasteiger partial charge on any atom is -0.504 e. The van der Waals surface area contributed by atoms with Crippen LogP contribution in [0.4, 0.5) is 21.9 Å². The molecule has 12 heteroatoms. The molecule has 3 aromatic rings. The van der Waals surface area contributed by atoms with E-state index in [0.29, 0.717) is 10.7 Å².